The number of carbonyl (C=O) groups is 1. The second-order valence-electron chi connectivity index (χ2n) is 6.56. The molecule has 6 nitrogen and oxygen atoms in total. The molecule has 25 heavy (non-hydrogen) atoms. The van der Waals surface area contributed by atoms with Gasteiger partial charge in [-0.2, -0.15) is 5.01 Å². The predicted octanol–water partition coefficient (Wildman–Crippen LogP) is 3.18. The van der Waals surface area contributed by atoms with Crippen molar-refractivity contribution in [3.8, 4) is 5.75 Å². The topological polar surface area (TPSA) is 76.8 Å². The number of ether oxygens (including phenoxy) is 1. The Labute approximate surface area is 150 Å². The summed E-state index contributed by atoms with van der Waals surface area (Å²) in [5, 5.41) is 1.72. The zero-order valence-corrected chi connectivity index (χ0v) is 16.1. The molecule has 3 N–H and O–H groups in total. The van der Waals surface area contributed by atoms with Gasteiger partial charge in [0.2, 0.25) is 0 Å². The number of nitrogens with zero attached hydrogens (tertiary/aromatic N) is 1. The maximum Gasteiger partial charge on any atom is 0.266 e. The van der Waals surface area contributed by atoms with Crippen LogP contribution in [-0.4, -0.2) is 30.3 Å². The van der Waals surface area contributed by atoms with Crippen molar-refractivity contribution in [2.24, 2.45) is 11.8 Å². The fourth-order valence-corrected chi connectivity index (χ4v) is 2.45. The molecule has 0 spiro atoms. The van der Waals surface area contributed by atoms with Crippen LogP contribution in [0.3, 0.4) is 0 Å². The first-order valence-corrected chi connectivity index (χ1v) is 8.53. The molecule has 0 saturated carbocycles. The second-order valence-corrected chi connectivity index (χ2v) is 6.56. The smallest absolute Gasteiger partial charge is 0.266 e. The Hall–Kier alpha value is -1.89. The van der Waals surface area contributed by atoms with Gasteiger partial charge < -0.3 is 4.74 Å². The molecule has 0 radical (unpaired) electrons. The van der Waals surface area contributed by atoms with Crippen LogP contribution < -0.4 is 16.1 Å². The van der Waals surface area contributed by atoms with Crippen molar-refractivity contribution in [3.63, 3.8) is 0 Å². The van der Waals surface area contributed by atoms with Crippen LogP contribution in [0.25, 0.3) is 0 Å². The Bertz CT molecular complexity index is 600. The number of allylic oxidation sites excluding steroid dienone is 1. The van der Waals surface area contributed by atoms with Gasteiger partial charge in [0.05, 0.1) is 7.11 Å². The number of hydrogen-bond acceptors (Lipinski definition) is 5. The molecule has 1 aromatic rings. The standard InChI is InChI=1S/C19H31N3O3/c1-7-8-10-14(2)13-22(19(4,5)25-20)21-18(23)16-11-9-12-17(24-6)15(16)3/h8-12,14H,7,13,20H2,1-6H3,(H,21,23)/b10-8-. The minimum atomic E-state index is -0.850. The number of amides is 1. The van der Waals surface area contributed by atoms with Gasteiger partial charge in [0.1, 0.15) is 5.75 Å². The van der Waals surface area contributed by atoms with E-state index in [1.807, 2.05) is 26.8 Å². The Morgan fingerprint density at radius 1 is 1.44 bits per heavy atom. The molecule has 140 valence electrons. The number of hydrogen-bond donors (Lipinski definition) is 2. The molecule has 0 aliphatic heterocycles. The number of rotatable bonds is 9. The van der Waals surface area contributed by atoms with Gasteiger partial charge in [0.25, 0.3) is 5.91 Å². The lowest BCUT2D eigenvalue weighted by Crippen LogP contribution is -2.57. The quantitative estimate of drug-likeness (QED) is 0.407. The van der Waals surface area contributed by atoms with Crippen molar-refractivity contribution >= 4 is 5.91 Å². The second kappa shape index (κ2) is 9.56. The summed E-state index contributed by atoms with van der Waals surface area (Å²) in [5.41, 5.74) is 3.41. The van der Waals surface area contributed by atoms with Crippen LogP contribution >= 0.6 is 0 Å². The van der Waals surface area contributed by atoms with Gasteiger partial charge >= 0.3 is 0 Å². The van der Waals surface area contributed by atoms with Gasteiger partial charge in [-0.1, -0.05) is 32.1 Å². The molecule has 1 aromatic carbocycles. The molecule has 1 amide bonds. The molecule has 1 unspecified atom stereocenters. The van der Waals surface area contributed by atoms with E-state index in [1.165, 1.54) is 0 Å². The maximum atomic E-state index is 12.8. The molecule has 0 aliphatic rings. The minimum Gasteiger partial charge on any atom is -0.496 e. The maximum absolute atomic E-state index is 12.8. The monoisotopic (exact) mass is 349 g/mol. The van der Waals surface area contributed by atoms with E-state index in [9.17, 15) is 4.79 Å². The van der Waals surface area contributed by atoms with Gasteiger partial charge in [-0.15, -0.1) is 0 Å². The van der Waals surface area contributed by atoms with E-state index in [0.29, 0.717) is 17.9 Å². The molecule has 0 aliphatic carbocycles. The van der Waals surface area contributed by atoms with E-state index < -0.39 is 5.72 Å². The average Bonchev–Trinajstić information content (AvgIpc) is 2.59. The van der Waals surface area contributed by atoms with Gasteiger partial charge in [0, 0.05) is 17.7 Å². The number of methoxy groups -OCH3 is 1. The van der Waals surface area contributed by atoms with E-state index in [0.717, 1.165) is 12.0 Å². The summed E-state index contributed by atoms with van der Waals surface area (Å²) in [5.74, 6) is 6.11. The third-order valence-electron chi connectivity index (χ3n) is 4.09. The normalized spacial score (nSPS) is 13.3. The van der Waals surface area contributed by atoms with Crippen LogP contribution in [0.1, 0.15) is 50.0 Å². The van der Waals surface area contributed by atoms with Crippen LogP contribution in [0.5, 0.6) is 5.75 Å². The lowest BCUT2D eigenvalue weighted by molar-refractivity contribution is -0.153. The molecule has 1 atom stereocenters. The number of hydrazine groups is 1. The van der Waals surface area contributed by atoms with E-state index in [4.69, 9.17) is 15.5 Å². The molecule has 0 bridgehead atoms. The van der Waals surface area contributed by atoms with E-state index in [1.54, 1.807) is 24.3 Å². The molecule has 0 heterocycles. The highest BCUT2D eigenvalue weighted by molar-refractivity contribution is 5.95. The Morgan fingerprint density at radius 2 is 2.12 bits per heavy atom. The zero-order valence-electron chi connectivity index (χ0n) is 16.1. The largest absolute Gasteiger partial charge is 0.496 e. The van der Waals surface area contributed by atoms with Crippen molar-refractivity contribution in [2.75, 3.05) is 13.7 Å². The van der Waals surface area contributed by atoms with Crippen LogP contribution in [0, 0.1) is 12.8 Å². The van der Waals surface area contributed by atoms with Crippen LogP contribution in [0.2, 0.25) is 0 Å². The van der Waals surface area contributed by atoms with Crippen molar-refractivity contribution in [1.29, 1.82) is 0 Å². The summed E-state index contributed by atoms with van der Waals surface area (Å²) in [6, 6.07) is 5.39. The van der Waals surface area contributed by atoms with Gasteiger partial charge in [-0.25, -0.2) is 5.90 Å². The fraction of sp³-hybridized carbons (Fsp3) is 0.526. The summed E-state index contributed by atoms with van der Waals surface area (Å²) in [4.78, 5) is 17.9. The third-order valence-corrected chi connectivity index (χ3v) is 4.09. The molecular weight excluding hydrogens is 318 g/mol. The van der Waals surface area contributed by atoms with Gasteiger partial charge in [-0.3, -0.25) is 15.1 Å². The number of benzene rings is 1. The molecule has 1 rings (SSSR count). The zero-order chi connectivity index (χ0) is 19.0. The number of nitrogens with two attached hydrogens (primary N) is 1. The van der Waals surface area contributed by atoms with Crippen LogP contribution in [0.4, 0.5) is 0 Å². The Kier molecular flexibility index (Phi) is 8.09. The van der Waals surface area contributed by atoms with Crippen molar-refractivity contribution in [3.05, 3.63) is 41.5 Å². The average molecular weight is 349 g/mol. The molecule has 6 heteroatoms. The summed E-state index contributed by atoms with van der Waals surface area (Å²) in [6.07, 6.45) is 5.19. The predicted molar refractivity (Wildman–Crippen MR) is 99.8 cm³/mol. The summed E-state index contributed by atoms with van der Waals surface area (Å²) in [6.45, 7) is 10.2. The van der Waals surface area contributed by atoms with E-state index >= 15 is 0 Å². The Balaban J connectivity index is 3.01. The summed E-state index contributed by atoms with van der Waals surface area (Å²) in [7, 11) is 1.59. The van der Waals surface area contributed by atoms with Crippen molar-refractivity contribution in [1.82, 2.24) is 10.4 Å². The lowest BCUT2D eigenvalue weighted by Gasteiger charge is -2.37. The summed E-state index contributed by atoms with van der Waals surface area (Å²) >= 11 is 0. The first-order chi connectivity index (χ1) is 11.8. The highest BCUT2D eigenvalue weighted by atomic mass is 16.6. The number of nitrogens with one attached hydrogen (secondary N) is 1. The number of carbonyl (C=O) groups excluding carboxylic acids is 1. The van der Waals surface area contributed by atoms with Gasteiger partial charge in [0.15, 0.2) is 5.72 Å². The van der Waals surface area contributed by atoms with E-state index in [-0.39, 0.29) is 11.8 Å². The van der Waals surface area contributed by atoms with Crippen LogP contribution in [0.15, 0.2) is 30.4 Å². The Morgan fingerprint density at radius 3 is 2.68 bits per heavy atom. The molecule has 0 saturated heterocycles. The SMILES string of the molecule is CC/C=C\C(C)CN(NC(=O)c1cccc(OC)c1C)C(C)(C)ON. The highest BCUT2D eigenvalue weighted by Gasteiger charge is 2.30. The lowest BCUT2D eigenvalue weighted by atomic mass is 10.1. The van der Waals surface area contributed by atoms with Crippen molar-refractivity contribution in [2.45, 2.75) is 46.8 Å². The molecular formula is C19H31N3O3. The highest BCUT2D eigenvalue weighted by Crippen LogP contribution is 2.22. The van der Waals surface area contributed by atoms with Crippen molar-refractivity contribution < 1.29 is 14.4 Å². The summed E-state index contributed by atoms with van der Waals surface area (Å²) < 4.78 is 5.29. The molecule has 0 aromatic heterocycles. The molecule has 0 fully saturated rings. The van der Waals surface area contributed by atoms with Crippen LogP contribution in [-0.2, 0) is 4.84 Å². The van der Waals surface area contributed by atoms with Gasteiger partial charge in [-0.05, 0) is 45.2 Å². The van der Waals surface area contributed by atoms with E-state index in [2.05, 4.69) is 31.4 Å². The first kappa shape index (κ1) is 21.2. The first-order valence-electron chi connectivity index (χ1n) is 8.53. The third kappa shape index (κ3) is 5.85. The fourth-order valence-electron chi connectivity index (χ4n) is 2.45. The minimum absolute atomic E-state index is 0.223.